The van der Waals surface area contributed by atoms with Crippen molar-refractivity contribution in [2.24, 2.45) is 0 Å². The van der Waals surface area contributed by atoms with Crippen molar-refractivity contribution in [3.8, 4) is 11.5 Å². The number of rotatable bonds is 7. The summed E-state index contributed by atoms with van der Waals surface area (Å²) in [4.78, 5) is 16.3. The second-order valence-electron chi connectivity index (χ2n) is 5.27. The molecule has 0 aliphatic carbocycles. The quantitative estimate of drug-likeness (QED) is 0.755. The van der Waals surface area contributed by atoms with Crippen molar-refractivity contribution >= 4 is 38.1 Å². The van der Waals surface area contributed by atoms with Gasteiger partial charge in [-0.2, -0.15) is 0 Å². The fourth-order valence-electron chi connectivity index (χ4n) is 2.07. The monoisotopic (exact) mass is 385 g/mol. The highest BCUT2D eigenvalue weighted by atomic mass is 32.2. The van der Waals surface area contributed by atoms with Crippen LogP contribution in [0.2, 0.25) is 0 Å². The Balaban J connectivity index is 2.08. The second kappa shape index (κ2) is 7.70. The molecule has 1 amide bonds. The van der Waals surface area contributed by atoms with E-state index in [0.29, 0.717) is 22.9 Å². The predicted octanol–water partition coefficient (Wildman–Crippen LogP) is 2.02. The van der Waals surface area contributed by atoms with Gasteiger partial charge in [0.1, 0.15) is 0 Å². The van der Waals surface area contributed by atoms with Crippen LogP contribution in [0.3, 0.4) is 0 Å². The number of nitrogens with one attached hydrogen (secondary N) is 2. The number of methoxy groups -OCH3 is 2. The number of sulfonamides is 1. The van der Waals surface area contributed by atoms with Crippen molar-refractivity contribution in [3.63, 3.8) is 0 Å². The minimum absolute atomic E-state index is 0.0235. The van der Waals surface area contributed by atoms with Crippen LogP contribution in [0.5, 0.6) is 11.5 Å². The molecule has 0 fully saturated rings. The first-order chi connectivity index (χ1) is 11.7. The average molecular weight is 385 g/mol. The summed E-state index contributed by atoms with van der Waals surface area (Å²) in [7, 11) is -0.329. The predicted molar refractivity (Wildman–Crippen MR) is 97.2 cm³/mol. The number of aryl methyl sites for hydroxylation is 1. The minimum Gasteiger partial charge on any atom is -0.493 e. The first kappa shape index (κ1) is 19.0. The Hall–Kier alpha value is -2.33. The molecule has 1 aromatic carbocycles. The highest BCUT2D eigenvalue weighted by molar-refractivity contribution is 7.92. The van der Waals surface area contributed by atoms with Crippen molar-refractivity contribution < 1.29 is 22.7 Å². The standard InChI is InChI=1S/C15H19N3O5S2/c1-9-5-12(22-2)13(23-3)7-11(9)17-14(19)6-10-8-24-15(16-10)18-25(4,20)21/h5,7-8H,6H2,1-4H3,(H,16,18)(H,17,19). The lowest BCUT2D eigenvalue weighted by Crippen LogP contribution is -2.16. The van der Waals surface area contributed by atoms with E-state index in [4.69, 9.17) is 9.47 Å². The van der Waals surface area contributed by atoms with Crippen LogP contribution in [0.25, 0.3) is 0 Å². The van der Waals surface area contributed by atoms with Crippen LogP contribution in [0.4, 0.5) is 10.8 Å². The molecule has 0 saturated carbocycles. The third-order valence-corrected chi connectivity index (χ3v) is 4.67. The maximum absolute atomic E-state index is 12.2. The lowest BCUT2D eigenvalue weighted by molar-refractivity contribution is -0.115. The topological polar surface area (TPSA) is 107 Å². The van der Waals surface area contributed by atoms with Crippen LogP contribution >= 0.6 is 11.3 Å². The van der Waals surface area contributed by atoms with E-state index < -0.39 is 10.0 Å². The molecule has 1 aromatic heterocycles. The summed E-state index contributed by atoms with van der Waals surface area (Å²) < 4.78 is 35.1. The molecule has 10 heteroatoms. The third-order valence-electron chi connectivity index (χ3n) is 3.17. The number of ether oxygens (including phenoxy) is 2. The number of amides is 1. The second-order valence-corrected chi connectivity index (χ2v) is 7.87. The zero-order valence-corrected chi connectivity index (χ0v) is 15.9. The molecule has 136 valence electrons. The molecular weight excluding hydrogens is 366 g/mol. The summed E-state index contributed by atoms with van der Waals surface area (Å²) in [5.41, 5.74) is 1.91. The molecule has 0 unspecified atom stereocenters. The van der Waals surface area contributed by atoms with Gasteiger partial charge in [-0.05, 0) is 18.6 Å². The van der Waals surface area contributed by atoms with E-state index in [2.05, 4.69) is 15.0 Å². The maximum atomic E-state index is 12.2. The van der Waals surface area contributed by atoms with Gasteiger partial charge in [0.2, 0.25) is 15.9 Å². The Morgan fingerprint density at radius 1 is 1.24 bits per heavy atom. The molecule has 2 rings (SSSR count). The summed E-state index contributed by atoms with van der Waals surface area (Å²) in [5, 5.41) is 4.66. The highest BCUT2D eigenvalue weighted by Gasteiger charge is 2.13. The molecule has 0 spiro atoms. The number of aromatic nitrogens is 1. The van der Waals surface area contributed by atoms with Crippen molar-refractivity contribution in [1.29, 1.82) is 0 Å². The zero-order valence-electron chi connectivity index (χ0n) is 14.2. The maximum Gasteiger partial charge on any atom is 0.231 e. The Morgan fingerprint density at radius 3 is 2.48 bits per heavy atom. The molecule has 0 bridgehead atoms. The molecule has 0 atom stereocenters. The van der Waals surface area contributed by atoms with Gasteiger partial charge in [-0.3, -0.25) is 9.52 Å². The fraction of sp³-hybridized carbons (Fsp3) is 0.333. The van der Waals surface area contributed by atoms with E-state index in [0.717, 1.165) is 23.2 Å². The highest BCUT2D eigenvalue weighted by Crippen LogP contribution is 2.33. The lowest BCUT2D eigenvalue weighted by Gasteiger charge is -2.13. The zero-order chi connectivity index (χ0) is 18.6. The molecule has 8 nitrogen and oxygen atoms in total. The van der Waals surface area contributed by atoms with Crippen LogP contribution in [0.15, 0.2) is 17.5 Å². The van der Waals surface area contributed by atoms with E-state index in [9.17, 15) is 13.2 Å². The van der Waals surface area contributed by atoms with Crippen molar-refractivity contribution in [2.75, 3.05) is 30.5 Å². The fourth-order valence-corrected chi connectivity index (χ4v) is 3.63. The number of hydrogen-bond acceptors (Lipinski definition) is 7. The van der Waals surface area contributed by atoms with E-state index in [1.165, 1.54) is 7.11 Å². The number of anilines is 2. The Labute approximate surface area is 150 Å². The van der Waals surface area contributed by atoms with Gasteiger partial charge in [-0.15, -0.1) is 11.3 Å². The van der Waals surface area contributed by atoms with Gasteiger partial charge < -0.3 is 14.8 Å². The van der Waals surface area contributed by atoms with Crippen molar-refractivity contribution in [3.05, 3.63) is 28.8 Å². The van der Waals surface area contributed by atoms with Gasteiger partial charge in [0, 0.05) is 17.1 Å². The lowest BCUT2D eigenvalue weighted by atomic mass is 10.1. The number of benzene rings is 1. The Morgan fingerprint density at radius 2 is 1.88 bits per heavy atom. The molecule has 0 aliphatic heterocycles. The van der Waals surface area contributed by atoms with Gasteiger partial charge in [0.15, 0.2) is 16.6 Å². The van der Waals surface area contributed by atoms with Gasteiger partial charge in [0.05, 0.1) is 32.6 Å². The molecule has 2 N–H and O–H groups in total. The van der Waals surface area contributed by atoms with E-state index in [1.807, 2.05) is 6.92 Å². The molecule has 25 heavy (non-hydrogen) atoms. The summed E-state index contributed by atoms with van der Waals surface area (Å²) in [5.74, 6) is 0.817. The number of carbonyl (C=O) groups is 1. The molecular formula is C15H19N3O5S2. The van der Waals surface area contributed by atoms with Gasteiger partial charge >= 0.3 is 0 Å². The minimum atomic E-state index is -3.39. The summed E-state index contributed by atoms with van der Waals surface area (Å²) in [6.45, 7) is 1.84. The van der Waals surface area contributed by atoms with Crippen molar-refractivity contribution in [1.82, 2.24) is 4.98 Å². The summed E-state index contributed by atoms with van der Waals surface area (Å²) in [6, 6.07) is 3.45. The summed E-state index contributed by atoms with van der Waals surface area (Å²) >= 11 is 1.12. The first-order valence-corrected chi connectivity index (χ1v) is 9.93. The Kier molecular flexibility index (Phi) is 5.85. The molecule has 1 heterocycles. The number of thiazole rings is 1. The summed E-state index contributed by atoms with van der Waals surface area (Å²) in [6.07, 6.45) is 1.07. The molecule has 0 saturated heterocycles. The van der Waals surface area contributed by atoms with Crippen molar-refractivity contribution in [2.45, 2.75) is 13.3 Å². The van der Waals surface area contributed by atoms with Gasteiger partial charge in [0.25, 0.3) is 0 Å². The van der Waals surface area contributed by atoms with Gasteiger partial charge in [-0.25, -0.2) is 13.4 Å². The molecule has 0 radical (unpaired) electrons. The van der Waals surface area contributed by atoms with E-state index >= 15 is 0 Å². The van der Waals surface area contributed by atoms with Crippen LogP contribution in [-0.4, -0.2) is 39.8 Å². The van der Waals surface area contributed by atoms with Crippen LogP contribution in [0.1, 0.15) is 11.3 Å². The largest absolute Gasteiger partial charge is 0.493 e. The average Bonchev–Trinajstić information content (AvgIpc) is 2.93. The number of nitrogens with zero attached hydrogens (tertiary/aromatic N) is 1. The first-order valence-electron chi connectivity index (χ1n) is 7.16. The third kappa shape index (κ3) is 5.33. The molecule has 0 aliphatic rings. The normalized spacial score (nSPS) is 11.0. The smallest absolute Gasteiger partial charge is 0.231 e. The van der Waals surface area contributed by atoms with Crippen LogP contribution in [0, 0.1) is 6.92 Å². The van der Waals surface area contributed by atoms with Crippen LogP contribution in [-0.2, 0) is 21.2 Å². The molecule has 2 aromatic rings. The SMILES string of the molecule is COc1cc(C)c(NC(=O)Cc2csc(NS(C)(=O)=O)n2)cc1OC. The van der Waals surface area contributed by atoms with Gasteiger partial charge in [-0.1, -0.05) is 0 Å². The van der Waals surface area contributed by atoms with E-state index in [-0.39, 0.29) is 17.5 Å². The van der Waals surface area contributed by atoms with Crippen LogP contribution < -0.4 is 19.5 Å². The van der Waals surface area contributed by atoms with E-state index in [1.54, 1.807) is 24.6 Å². The number of carbonyl (C=O) groups excluding carboxylic acids is 1. The number of hydrogen-bond donors (Lipinski definition) is 2. The Bertz CT molecular complexity index is 877.